The number of hydrogen-bond acceptors (Lipinski definition) is 0. The molecule has 0 aromatic heterocycles. The predicted octanol–water partition coefficient (Wildman–Crippen LogP) is 5.36. The Morgan fingerprint density at radius 3 is 2.22 bits per heavy atom. The van der Waals surface area contributed by atoms with Gasteiger partial charge in [0.2, 0.25) is 0 Å². The van der Waals surface area contributed by atoms with E-state index in [2.05, 4.69) is 33.4 Å². The third-order valence-electron chi connectivity index (χ3n) is 6.43. The van der Waals surface area contributed by atoms with Crippen molar-refractivity contribution in [2.45, 2.75) is 59.3 Å². The second-order valence-electron chi connectivity index (χ2n) is 7.72. The molecule has 6 rings (SSSR count). The van der Waals surface area contributed by atoms with Crippen molar-refractivity contribution in [3.8, 4) is 0 Å². The maximum Gasteiger partial charge on any atom is -0.0149 e. The van der Waals surface area contributed by atoms with Crippen LogP contribution in [0.4, 0.5) is 0 Å². The highest BCUT2D eigenvalue weighted by Crippen LogP contribution is 2.58. The molecule has 0 aliphatic heterocycles. The predicted molar refractivity (Wildman–Crippen MR) is 78.3 cm³/mol. The molecule has 6 aliphatic carbocycles. The molecule has 0 amide bonds. The van der Waals surface area contributed by atoms with Crippen LogP contribution < -0.4 is 0 Å². The van der Waals surface area contributed by atoms with Gasteiger partial charge in [0.15, 0.2) is 0 Å². The van der Waals surface area contributed by atoms with Crippen LogP contribution in [0.15, 0.2) is 23.8 Å². The molecule has 4 bridgehead atoms. The summed E-state index contributed by atoms with van der Waals surface area (Å²) in [5.41, 5.74) is 3.82. The normalized spacial score (nSPS) is 42.8. The average Bonchev–Trinajstić information content (AvgIpc) is 2.28. The zero-order valence-electron chi connectivity index (χ0n) is 12.3. The lowest BCUT2D eigenvalue weighted by Gasteiger charge is -2.56. The van der Waals surface area contributed by atoms with Crippen LogP contribution in [-0.2, 0) is 0 Å². The third-order valence-corrected chi connectivity index (χ3v) is 6.43. The maximum absolute atomic E-state index is 4.03. The Labute approximate surface area is 113 Å². The van der Waals surface area contributed by atoms with Gasteiger partial charge in [-0.2, -0.15) is 0 Å². The summed E-state index contributed by atoms with van der Waals surface area (Å²) in [6.45, 7) is 11.2. The SMILES string of the molecule is C=C1CCC2CC1C2.CC1=CCC2CC1C2(C)C. The largest absolute Gasteiger partial charge is 0.0996 e. The van der Waals surface area contributed by atoms with Crippen molar-refractivity contribution in [2.75, 3.05) is 0 Å². The number of allylic oxidation sites excluding steroid dienone is 3. The lowest BCUT2D eigenvalue weighted by molar-refractivity contribution is -0.00579. The molecule has 0 saturated heterocycles. The Kier molecular flexibility index (Phi) is 2.95. The fraction of sp³-hybridized carbons (Fsp3) is 0.778. The molecule has 0 N–H and O–H groups in total. The van der Waals surface area contributed by atoms with Gasteiger partial charge in [0.1, 0.15) is 0 Å². The van der Waals surface area contributed by atoms with Crippen LogP contribution in [0, 0.1) is 29.1 Å². The Morgan fingerprint density at radius 1 is 1.22 bits per heavy atom. The number of hydrogen-bond donors (Lipinski definition) is 0. The molecular weight excluding hydrogens is 216 g/mol. The summed E-state index contributed by atoms with van der Waals surface area (Å²) < 4.78 is 0. The van der Waals surface area contributed by atoms with Gasteiger partial charge >= 0.3 is 0 Å². The summed E-state index contributed by atoms with van der Waals surface area (Å²) in [5, 5.41) is 0. The van der Waals surface area contributed by atoms with Crippen molar-refractivity contribution in [1.29, 1.82) is 0 Å². The van der Waals surface area contributed by atoms with E-state index >= 15 is 0 Å². The Hall–Kier alpha value is -0.520. The van der Waals surface area contributed by atoms with Crippen LogP contribution in [0.2, 0.25) is 0 Å². The number of rotatable bonds is 0. The molecule has 4 saturated carbocycles. The minimum atomic E-state index is 0.638. The highest BCUT2D eigenvalue weighted by Gasteiger charge is 2.49. The Morgan fingerprint density at radius 2 is 1.94 bits per heavy atom. The topological polar surface area (TPSA) is 0 Å². The summed E-state index contributed by atoms with van der Waals surface area (Å²) in [7, 11) is 0. The van der Waals surface area contributed by atoms with Crippen molar-refractivity contribution in [2.24, 2.45) is 29.1 Å². The second kappa shape index (κ2) is 4.25. The quantitative estimate of drug-likeness (QED) is 0.503. The first-order valence-corrected chi connectivity index (χ1v) is 7.82. The first kappa shape index (κ1) is 12.5. The standard InChI is InChI=1S/C10H16.C8H12/c1-7-4-5-8-6-9(7)10(8,2)3;1-6-2-3-7-4-8(6)5-7/h4,8-9H,5-6H2,1-3H3;7-8H,1-5H2. The molecule has 2 atom stereocenters. The van der Waals surface area contributed by atoms with E-state index in [1.54, 1.807) is 5.57 Å². The molecule has 0 radical (unpaired) electrons. The van der Waals surface area contributed by atoms with Crippen LogP contribution in [0.5, 0.6) is 0 Å². The van der Waals surface area contributed by atoms with Gasteiger partial charge in [0.05, 0.1) is 0 Å². The van der Waals surface area contributed by atoms with Crippen LogP contribution >= 0.6 is 0 Å². The molecular formula is C18H28. The van der Waals surface area contributed by atoms with Crippen LogP contribution in [-0.4, -0.2) is 0 Å². The summed E-state index contributed by atoms with van der Waals surface area (Å²) in [5.74, 6) is 3.98. The van der Waals surface area contributed by atoms with Gasteiger partial charge in [-0.1, -0.05) is 37.6 Å². The van der Waals surface area contributed by atoms with Gasteiger partial charge in [-0.15, -0.1) is 0 Å². The van der Waals surface area contributed by atoms with Gasteiger partial charge in [0.25, 0.3) is 0 Å². The summed E-state index contributed by atoms with van der Waals surface area (Å²) in [6, 6.07) is 0. The molecule has 4 fully saturated rings. The summed E-state index contributed by atoms with van der Waals surface area (Å²) in [4.78, 5) is 0. The van der Waals surface area contributed by atoms with E-state index in [1.807, 2.05) is 0 Å². The minimum absolute atomic E-state index is 0.638. The third kappa shape index (κ3) is 1.89. The van der Waals surface area contributed by atoms with Crippen LogP contribution in [0.3, 0.4) is 0 Å². The lowest BCUT2D eigenvalue weighted by atomic mass is 9.49. The first-order chi connectivity index (χ1) is 8.48. The lowest BCUT2D eigenvalue weighted by Crippen LogP contribution is -2.47. The Bertz CT molecular complexity index is 376. The van der Waals surface area contributed by atoms with Crippen molar-refractivity contribution in [3.05, 3.63) is 23.8 Å². The van der Waals surface area contributed by atoms with Crippen molar-refractivity contribution >= 4 is 0 Å². The van der Waals surface area contributed by atoms with Gasteiger partial charge < -0.3 is 0 Å². The highest BCUT2D eigenvalue weighted by molar-refractivity contribution is 5.21. The van der Waals surface area contributed by atoms with Gasteiger partial charge in [-0.05, 0) is 74.5 Å². The number of fused-ring (bicyclic) bond motifs is 3. The molecule has 0 nitrogen and oxygen atoms in total. The van der Waals surface area contributed by atoms with Crippen molar-refractivity contribution in [1.82, 2.24) is 0 Å². The highest BCUT2D eigenvalue weighted by atomic mass is 14.5. The molecule has 0 aromatic carbocycles. The second-order valence-corrected chi connectivity index (χ2v) is 7.72. The van der Waals surface area contributed by atoms with Crippen LogP contribution in [0.25, 0.3) is 0 Å². The fourth-order valence-electron chi connectivity index (χ4n) is 4.56. The zero-order chi connectivity index (χ0) is 12.9. The molecule has 6 aliphatic rings. The molecule has 0 aromatic rings. The minimum Gasteiger partial charge on any atom is -0.0996 e. The van der Waals surface area contributed by atoms with E-state index in [1.165, 1.54) is 44.1 Å². The van der Waals surface area contributed by atoms with E-state index in [9.17, 15) is 0 Å². The van der Waals surface area contributed by atoms with Crippen LogP contribution in [0.1, 0.15) is 59.3 Å². The average molecular weight is 244 g/mol. The fourth-order valence-corrected chi connectivity index (χ4v) is 4.56. The van der Waals surface area contributed by atoms with Crippen molar-refractivity contribution < 1.29 is 0 Å². The van der Waals surface area contributed by atoms with E-state index in [-0.39, 0.29) is 0 Å². The monoisotopic (exact) mass is 244 g/mol. The Balaban J connectivity index is 0.000000114. The first-order valence-electron chi connectivity index (χ1n) is 7.82. The molecule has 0 heterocycles. The van der Waals surface area contributed by atoms with Gasteiger partial charge in [-0.3, -0.25) is 0 Å². The van der Waals surface area contributed by atoms with E-state index in [0.717, 1.165) is 23.7 Å². The van der Waals surface area contributed by atoms with E-state index in [0.29, 0.717) is 5.41 Å². The molecule has 18 heavy (non-hydrogen) atoms. The smallest absolute Gasteiger partial charge is 0.0149 e. The molecule has 2 unspecified atom stereocenters. The van der Waals surface area contributed by atoms with E-state index in [4.69, 9.17) is 0 Å². The molecule has 0 spiro atoms. The molecule has 100 valence electrons. The summed E-state index contributed by atoms with van der Waals surface area (Å²) >= 11 is 0. The maximum atomic E-state index is 4.03. The van der Waals surface area contributed by atoms with Crippen molar-refractivity contribution in [3.63, 3.8) is 0 Å². The zero-order valence-corrected chi connectivity index (χ0v) is 12.3. The van der Waals surface area contributed by atoms with Gasteiger partial charge in [0, 0.05) is 0 Å². The summed E-state index contributed by atoms with van der Waals surface area (Å²) in [6.07, 6.45) is 11.0. The molecule has 0 heteroatoms. The van der Waals surface area contributed by atoms with Gasteiger partial charge in [-0.25, -0.2) is 0 Å². The van der Waals surface area contributed by atoms with E-state index < -0.39 is 0 Å².